The number of benzene rings is 1. The van der Waals surface area contributed by atoms with Crippen molar-refractivity contribution in [3.05, 3.63) is 47.5 Å². The molecular weight excluding hydrogens is 236 g/mol. The van der Waals surface area contributed by atoms with Gasteiger partial charge in [-0.1, -0.05) is 48.9 Å². The molecular formula is C17H22O2. The van der Waals surface area contributed by atoms with Gasteiger partial charge in [0.1, 0.15) is 6.61 Å². The molecule has 1 aliphatic rings. The van der Waals surface area contributed by atoms with Crippen LogP contribution >= 0.6 is 0 Å². The second-order valence-corrected chi connectivity index (χ2v) is 5.48. The van der Waals surface area contributed by atoms with Crippen LogP contribution in [0.2, 0.25) is 0 Å². The Morgan fingerprint density at radius 1 is 1.21 bits per heavy atom. The zero-order chi connectivity index (χ0) is 13.7. The Morgan fingerprint density at radius 3 is 2.58 bits per heavy atom. The Kier molecular flexibility index (Phi) is 4.92. The van der Waals surface area contributed by atoms with Gasteiger partial charge < -0.3 is 4.74 Å². The molecule has 19 heavy (non-hydrogen) atoms. The first-order valence-electron chi connectivity index (χ1n) is 6.99. The van der Waals surface area contributed by atoms with Gasteiger partial charge in [-0.15, -0.1) is 0 Å². The molecule has 0 saturated carbocycles. The molecule has 0 fully saturated rings. The Balaban J connectivity index is 1.77. The topological polar surface area (TPSA) is 26.3 Å². The lowest BCUT2D eigenvalue weighted by Crippen LogP contribution is -2.21. The van der Waals surface area contributed by atoms with Gasteiger partial charge in [-0.2, -0.15) is 0 Å². The molecule has 0 heterocycles. The lowest BCUT2D eigenvalue weighted by atomic mass is 9.85. The normalized spacial score (nSPS) is 22.4. The number of aryl methyl sites for hydroxylation is 1. The maximum Gasteiger partial charge on any atom is 0.188 e. The number of Topliss-reactive ketones (excluding diaryl/α,β-unsaturated/α-hetero) is 1. The highest BCUT2D eigenvalue weighted by Gasteiger charge is 2.18. The second kappa shape index (κ2) is 6.67. The minimum Gasteiger partial charge on any atom is -0.373 e. The van der Waals surface area contributed by atoms with Crippen molar-refractivity contribution in [1.29, 1.82) is 0 Å². The van der Waals surface area contributed by atoms with Crippen molar-refractivity contribution in [1.82, 2.24) is 0 Å². The molecule has 0 aromatic heterocycles. The van der Waals surface area contributed by atoms with E-state index in [-0.39, 0.29) is 12.4 Å². The summed E-state index contributed by atoms with van der Waals surface area (Å²) in [6.45, 7) is 5.14. The zero-order valence-corrected chi connectivity index (χ0v) is 11.8. The van der Waals surface area contributed by atoms with E-state index in [1.165, 1.54) is 5.56 Å². The Hall–Kier alpha value is -1.41. The van der Waals surface area contributed by atoms with Gasteiger partial charge in [0.15, 0.2) is 5.78 Å². The highest BCUT2D eigenvalue weighted by molar-refractivity contribution is 5.97. The molecule has 0 N–H and O–H groups in total. The van der Waals surface area contributed by atoms with Gasteiger partial charge in [0.2, 0.25) is 0 Å². The molecule has 1 aromatic rings. The molecule has 2 heteroatoms. The fourth-order valence-corrected chi connectivity index (χ4v) is 2.36. The van der Waals surface area contributed by atoms with E-state index in [9.17, 15) is 4.79 Å². The molecule has 2 nitrogen and oxygen atoms in total. The molecule has 0 saturated heterocycles. The zero-order valence-electron chi connectivity index (χ0n) is 11.8. The summed E-state index contributed by atoms with van der Waals surface area (Å²) in [7, 11) is 0. The quantitative estimate of drug-likeness (QED) is 0.593. The molecule has 2 rings (SSSR count). The molecule has 0 amide bonds. The lowest BCUT2D eigenvalue weighted by molar-refractivity contribution is 0.0602. The smallest absolute Gasteiger partial charge is 0.188 e. The minimum absolute atomic E-state index is 0.0685. The van der Waals surface area contributed by atoms with Crippen molar-refractivity contribution >= 4 is 5.78 Å². The first kappa shape index (κ1) is 14.0. The second-order valence-electron chi connectivity index (χ2n) is 5.48. The summed E-state index contributed by atoms with van der Waals surface area (Å²) >= 11 is 0. The fourth-order valence-electron chi connectivity index (χ4n) is 2.36. The molecule has 102 valence electrons. The highest BCUT2D eigenvalue weighted by Crippen LogP contribution is 2.25. The van der Waals surface area contributed by atoms with Crippen LogP contribution in [0.15, 0.2) is 36.4 Å². The van der Waals surface area contributed by atoms with E-state index >= 15 is 0 Å². The van der Waals surface area contributed by atoms with Crippen molar-refractivity contribution in [2.45, 2.75) is 26.7 Å². The Morgan fingerprint density at radius 2 is 1.89 bits per heavy atom. The number of ether oxygens (including phenoxy) is 1. The number of allylic oxidation sites excluding steroid dienone is 2. The Labute approximate surface area is 115 Å². The standard InChI is InChI=1S/C17H22O2/c1-13-7-9-15(10-8-13)17(18)12-19-11-16-6-4-3-5-14(16)2/h3-4,7-10,14,16H,5-6,11-12H2,1-2H3. The van der Waals surface area contributed by atoms with Crippen molar-refractivity contribution in [3.8, 4) is 0 Å². The Bertz CT molecular complexity index is 445. The number of rotatable bonds is 5. The van der Waals surface area contributed by atoms with E-state index in [2.05, 4.69) is 19.1 Å². The predicted octanol–water partition coefficient (Wildman–Crippen LogP) is 3.80. The summed E-state index contributed by atoms with van der Waals surface area (Å²) in [6.07, 6.45) is 6.65. The van der Waals surface area contributed by atoms with Crippen LogP contribution in [-0.2, 0) is 4.74 Å². The van der Waals surface area contributed by atoms with E-state index in [0.717, 1.165) is 18.4 Å². The summed E-state index contributed by atoms with van der Waals surface area (Å²) in [5, 5.41) is 0. The third kappa shape index (κ3) is 4.03. The molecule has 1 aromatic carbocycles. The van der Waals surface area contributed by atoms with Crippen LogP contribution in [0.25, 0.3) is 0 Å². The number of carbonyl (C=O) groups excluding carboxylic acids is 1. The molecule has 0 radical (unpaired) electrons. The monoisotopic (exact) mass is 258 g/mol. The maximum atomic E-state index is 11.9. The van der Waals surface area contributed by atoms with Crippen LogP contribution in [0.1, 0.15) is 35.7 Å². The van der Waals surface area contributed by atoms with Crippen LogP contribution in [0.4, 0.5) is 0 Å². The van der Waals surface area contributed by atoms with Gasteiger partial charge >= 0.3 is 0 Å². The van der Waals surface area contributed by atoms with Crippen molar-refractivity contribution in [3.63, 3.8) is 0 Å². The first-order chi connectivity index (χ1) is 9.16. The van der Waals surface area contributed by atoms with Crippen LogP contribution < -0.4 is 0 Å². The van der Waals surface area contributed by atoms with E-state index in [1.807, 2.05) is 31.2 Å². The van der Waals surface area contributed by atoms with Crippen LogP contribution in [0, 0.1) is 18.8 Å². The number of hydrogen-bond donors (Lipinski definition) is 0. The molecule has 0 bridgehead atoms. The number of ketones is 1. The number of carbonyl (C=O) groups is 1. The molecule has 0 spiro atoms. The highest BCUT2D eigenvalue weighted by atomic mass is 16.5. The SMILES string of the molecule is Cc1ccc(C(=O)COCC2CC=CCC2C)cc1. The van der Waals surface area contributed by atoms with Gasteiger partial charge in [0.05, 0.1) is 6.61 Å². The first-order valence-corrected chi connectivity index (χ1v) is 6.99. The largest absolute Gasteiger partial charge is 0.373 e. The summed E-state index contributed by atoms with van der Waals surface area (Å²) in [4.78, 5) is 11.9. The predicted molar refractivity (Wildman–Crippen MR) is 77.4 cm³/mol. The third-order valence-electron chi connectivity index (χ3n) is 3.86. The van der Waals surface area contributed by atoms with E-state index in [0.29, 0.717) is 18.4 Å². The van der Waals surface area contributed by atoms with Crippen LogP contribution in [0.3, 0.4) is 0 Å². The summed E-state index contributed by atoms with van der Waals surface area (Å²) < 4.78 is 5.61. The van der Waals surface area contributed by atoms with Gasteiger partial charge in [0, 0.05) is 5.56 Å². The molecule has 2 unspecified atom stereocenters. The fraction of sp³-hybridized carbons (Fsp3) is 0.471. The van der Waals surface area contributed by atoms with Gasteiger partial charge in [-0.3, -0.25) is 4.79 Å². The lowest BCUT2D eigenvalue weighted by Gasteiger charge is -2.24. The molecule has 2 atom stereocenters. The molecule has 0 aliphatic heterocycles. The maximum absolute atomic E-state index is 11.9. The van der Waals surface area contributed by atoms with E-state index in [1.54, 1.807) is 0 Å². The minimum atomic E-state index is 0.0685. The third-order valence-corrected chi connectivity index (χ3v) is 3.86. The van der Waals surface area contributed by atoms with Crippen molar-refractivity contribution < 1.29 is 9.53 Å². The van der Waals surface area contributed by atoms with Gasteiger partial charge in [0.25, 0.3) is 0 Å². The summed E-state index contributed by atoms with van der Waals surface area (Å²) in [5.74, 6) is 1.27. The van der Waals surface area contributed by atoms with Crippen molar-refractivity contribution in [2.75, 3.05) is 13.2 Å². The molecule has 1 aliphatic carbocycles. The van der Waals surface area contributed by atoms with Gasteiger partial charge in [-0.25, -0.2) is 0 Å². The summed E-state index contributed by atoms with van der Waals surface area (Å²) in [5.41, 5.74) is 1.91. The van der Waals surface area contributed by atoms with Crippen molar-refractivity contribution in [2.24, 2.45) is 11.8 Å². The van der Waals surface area contributed by atoms with Crippen LogP contribution in [-0.4, -0.2) is 19.0 Å². The van der Waals surface area contributed by atoms with Gasteiger partial charge in [-0.05, 0) is 31.6 Å². The summed E-state index contributed by atoms with van der Waals surface area (Å²) in [6, 6.07) is 7.66. The average molecular weight is 258 g/mol. The van der Waals surface area contributed by atoms with E-state index in [4.69, 9.17) is 4.74 Å². The number of hydrogen-bond acceptors (Lipinski definition) is 2. The van der Waals surface area contributed by atoms with E-state index < -0.39 is 0 Å². The van der Waals surface area contributed by atoms with Crippen LogP contribution in [0.5, 0.6) is 0 Å². The average Bonchev–Trinajstić information content (AvgIpc) is 2.41.